The van der Waals surface area contributed by atoms with Crippen LogP contribution in [0.2, 0.25) is 0 Å². The van der Waals surface area contributed by atoms with Gasteiger partial charge in [-0.05, 0) is 12.8 Å². The van der Waals surface area contributed by atoms with E-state index in [9.17, 15) is 4.79 Å². The Hall–Kier alpha value is -0.110. The van der Waals surface area contributed by atoms with Gasteiger partial charge in [-0.1, -0.05) is 28.1 Å². The second-order valence-electron chi connectivity index (χ2n) is 1.72. The Bertz CT molecular complexity index is 88.9. The Morgan fingerprint density at radius 3 is 2.56 bits per heavy atom. The average Bonchev–Trinajstić information content (AvgIpc) is 1.89. The summed E-state index contributed by atoms with van der Waals surface area (Å²) in [6.07, 6.45) is 7.77. The van der Waals surface area contributed by atoms with Gasteiger partial charge in [0.05, 0.1) is 0 Å². The van der Waals surface area contributed by atoms with Crippen molar-refractivity contribution in [1.82, 2.24) is 0 Å². The lowest BCUT2D eigenvalue weighted by atomic mass is 10.2. The Morgan fingerprint density at radius 2 is 2.00 bits per heavy atom. The summed E-state index contributed by atoms with van der Waals surface area (Å²) in [6, 6.07) is 0. The summed E-state index contributed by atoms with van der Waals surface area (Å²) in [5, 5.41) is 0.911. The van der Waals surface area contributed by atoms with Crippen LogP contribution in [0.5, 0.6) is 0 Å². The number of hydrogen-bond donors (Lipinski definition) is 0. The number of carbonyl (C=O) groups excluding carboxylic acids is 1. The number of allylic oxidation sites excluding steroid dienone is 2. The lowest BCUT2D eigenvalue weighted by molar-refractivity contribution is -0.107. The predicted octanol–water partition coefficient (Wildman–Crippen LogP) is 2.31. The first-order valence-corrected chi connectivity index (χ1v) is 4.18. The molecule has 0 N–H and O–H groups in total. The Labute approximate surface area is 64.3 Å². The van der Waals surface area contributed by atoms with Gasteiger partial charge in [0.1, 0.15) is 6.29 Å². The second kappa shape index (κ2) is 7.89. The van der Waals surface area contributed by atoms with E-state index in [0.29, 0.717) is 6.42 Å². The van der Waals surface area contributed by atoms with E-state index in [2.05, 4.69) is 22.0 Å². The number of alkyl halides is 1. The Kier molecular flexibility index (Phi) is 7.79. The first-order valence-electron chi connectivity index (χ1n) is 3.06. The maximum atomic E-state index is 9.80. The van der Waals surface area contributed by atoms with Gasteiger partial charge in [0.15, 0.2) is 0 Å². The molecule has 0 aromatic heterocycles. The zero-order chi connectivity index (χ0) is 6.95. The standard InChI is InChI=1S/C7H11BrO/c8-6-4-2-1-3-5-7-9/h2,4,7H,1,3,5-6H2/b4-2+. The molecular formula is C7H11BrO. The van der Waals surface area contributed by atoms with Crippen LogP contribution in [-0.4, -0.2) is 11.6 Å². The van der Waals surface area contributed by atoms with Crippen molar-refractivity contribution in [2.45, 2.75) is 19.3 Å². The van der Waals surface area contributed by atoms with E-state index >= 15 is 0 Å². The monoisotopic (exact) mass is 190 g/mol. The van der Waals surface area contributed by atoms with Crippen molar-refractivity contribution >= 4 is 22.2 Å². The van der Waals surface area contributed by atoms with Crippen molar-refractivity contribution in [3.63, 3.8) is 0 Å². The minimum absolute atomic E-state index is 0.687. The minimum Gasteiger partial charge on any atom is -0.303 e. The molecule has 0 aromatic carbocycles. The molecule has 52 valence electrons. The molecule has 0 unspecified atom stereocenters. The first kappa shape index (κ1) is 8.89. The molecule has 0 saturated heterocycles. The van der Waals surface area contributed by atoms with Gasteiger partial charge in [-0.15, -0.1) is 0 Å². The molecule has 0 aromatic rings. The molecule has 0 radical (unpaired) electrons. The van der Waals surface area contributed by atoms with E-state index in [1.165, 1.54) is 0 Å². The Balaban J connectivity index is 2.90. The second-order valence-corrected chi connectivity index (χ2v) is 2.37. The van der Waals surface area contributed by atoms with E-state index in [-0.39, 0.29) is 0 Å². The fourth-order valence-electron chi connectivity index (χ4n) is 0.500. The number of halogens is 1. The third kappa shape index (κ3) is 7.89. The van der Waals surface area contributed by atoms with Crippen LogP contribution in [0.25, 0.3) is 0 Å². The van der Waals surface area contributed by atoms with Gasteiger partial charge in [-0.2, -0.15) is 0 Å². The molecular weight excluding hydrogens is 180 g/mol. The summed E-state index contributed by atoms with van der Waals surface area (Å²) in [7, 11) is 0. The summed E-state index contributed by atoms with van der Waals surface area (Å²) < 4.78 is 0. The third-order valence-electron chi connectivity index (χ3n) is 0.949. The summed E-state index contributed by atoms with van der Waals surface area (Å²) in [5.41, 5.74) is 0. The van der Waals surface area contributed by atoms with Crippen molar-refractivity contribution < 1.29 is 4.79 Å². The van der Waals surface area contributed by atoms with Crippen LogP contribution >= 0.6 is 15.9 Å². The highest BCUT2D eigenvalue weighted by atomic mass is 79.9. The van der Waals surface area contributed by atoms with Crippen LogP contribution in [0.4, 0.5) is 0 Å². The normalized spacial score (nSPS) is 10.3. The molecule has 1 nitrogen and oxygen atoms in total. The van der Waals surface area contributed by atoms with Crippen LogP contribution in [-0.2, 0) is 4.79 Å². The molecule has 0 amide bonds. The smallest absolute Gasteiger partial charge is 0.120 e. The lowest BCUT2D eigenvalue weighted by Gasteiger charge is -1.84. The van der Waals surface area contributed by atoms with E-state index in [0.717, 1.165) is 24.5 Å². The number of aldehydes is 1. The molecule has 0 atom stereocenters. The summed E-state index contributed by atoms with van der Waals surface area (Å²) in [4.78, 5) is 9.80. The number of hydrogen-bond acceptors (Lipinski definition) is 1. The SMILES string of the molecule is O=CCCC/C=C/CBr. The third-order valence-corrected chi connectivity index (χ3v) is 1.32. The molecule has 0 rings (SSSR count). The van der Waals surface area contributed by atoms with E-state index in [4.69, 9.17) is 0 Å². The quantitative estimate of drug-likeness (QED) is 0.282. The van der Waals surface area contributed by atoms with Gasteiger partial charge in [0.25, 0.3) is 0 Å². The topological polar surface area (TPSA) is 17.1 Å². The molecule has 0 saturated carbocycles. The summed E-state index contributed by atoms with van der Waals surface area (Å²) in [5.74, 6) is 0. The zero-order valence-electron chi connectivity index (χ0n) is 5.35. The summed E-state index contributed by atoms with van der Waals surface area (Å²) >= 11 is 3.26. The molecule has 0 fully saturated rings. The summed E-state index contributed by atoms with van der Waals surface area (Å²) in [6.45, 7) is 0. The van der Waals surface area contributed by atoms with E-state index < -0.39 is 0 Å². The molecule has 0 aliphatic heterocycles. The fourth-order valence-corrected chi connectivity index (χ4v) is 0.764. The van der Waals surface area contributed by atoms with Crippen LogP contribution in [0.3, 0.4) is 0 Å². The predicted molar refractivity (Wildman–Crippen MR) is 42.8 cm³/mol. The molecule has 0 heterocycles. The number of rotatable bonds is 5. The van der Waals surface area contributed by atoms with Crippen LogP contribution in [0.15, 0.2) is 12.2 Å². The highest BCUT2D eigenvalue weighted by molar-refractivity contribution is 9.09. The van der Waals surface area contributed by atoms with E-state index in [1.54, 1.807) is 0 Å². The van der Waals surface area contributed by atoms with Crippen LogP contribution < -0.4 is 0 Å². The molecule has 0 aliphatic carbocycles. The first-order chi connectivity index (χ1) is 4.41. The Morgan fingerprint density at radius 1 is 1.22 bits per heavy atom. The van der Waals surface area contributed by atoms with Crippen molar-refractivity contribution in [2.75, 3.05) is 5.33 Å². The largest absolute Gasteiger partial charge is 0.303 e. The van der Waals surface area contributed by atoms with Gasteiger partial charge in [0, 0.05) is 11.8 Å². The maximum Gasteiger partial charge on any atom is 0.120 e. The molecule has 0 aliphatic rings. The average molecular weight is 191 g/mol. The van der Waals surface area contributed by atoms with Gasteiger partial charge in [-0.25, -0.2) is 0 Å². The van der Waals surface area contributed by atoms with Crippen LogP contribution in [0.1, 0.15) is 19.3 Å². The van der Waals surface area contributed by atoms with Crippen molar-refractivity contribution in [3.05, 3.63) is 12.2 Å². The highest BCUT2D eigenvalue weighted by Gasteiger charge is 1.79. The minimum atomic E-state index is 0.687. The number of carbonyl (C=O) groups is 1. The molecule has 2 heteroatoms. The van der Waals surface area contributed by atoms with Crippen molar-refractivity contribution in [1.29, 1.82) is 0 Å². The van der Waals surface area contributed by atoms with Gasteiger partial charge < -0.3 is 4.79 Å². The van der Waals surface area contributed by atoms with Gasteiger partial charge in [0.2, 0.25) is 0 Å². The van der Waals surface area contributed by atoms with Crippen molar-refractivity contribution in [3.8, 4) is 0 Å². The number of unbranched alkanes of at least 4 members (excludes halogenated alkanes) is 2. The van der Waals surface area contributed by atoms with Crippen molar-refractivity contribution in [2.24, 2.45) is 0 Å². The van der Waals surface area contributed by atoms with Crippen LogP contribution in [0, 0.1) is 0 Å². The van der Waals surface area contributed by atoms with Gasteiger partial charge >= 0.3 is 0 Å². The zero-order valence-corrected chi connectivity index (χ0v) is 6.93. The fraction of sp³-hybridized carbons (Fsp3) is 0.571. The highest BCUT2D eigenvalue weighted by Crippen LogP contribution is 1.94. The maximum absolute atomic E-state index is 9.80. The molecule has 0 spiro atoms. The lowest BCUT2D eigenvalue weighted by Crippen LogP contribution is -1.73. The van der Waals surface area contributed by atoms with Gasteiger partial charge in [-0.3, -0.25) is 0 Å². The molecule has 9 heavy (non-hydrogen) atoms. The molecule has 0 bridgehead atoms. The van der Waals surface area contributed by atoms with E-state index in [1.807, 2.05) is 6.08 Å².